The van der Waals surface area contributed by atoms with E-state index in [0.29, 0.717) is 17.5 Å². The van der Waals surface area contributed by atoms with Gasteiger partial charge < -0.3 is 10.2 Å². The van der Waals surface area contributed by atoms with E-state index < -0.39 is 17.5 Å². The first-order valence-electron chi connectivity index (χ1n) is 6.04. The van der Waals surface area contributed by atoms with Crippen molar-refractivity contribution >= 4 is 5.97 Å². The predicted molar refractivity (Wildman–Crippen MR) is 67.0 cm³/mol. The number of halogens is 1. The summed E-state index contributed by atoms with van der Waals surface area (Å²) in [5, 5.41) is 19.4. The summed E-state index contributed by atoms with van der Waals surface area (Å²) < 4.78 is 13.5. The summed E-state index contributed by atoms with van der Waals surface area (Å²) in [4.78, 5) is 11.2. The van der Waals surface area contributed by atoms with Crippen molar-refractivity contribution in [3.8, 4) is 0 Å². The van der Waals surface area contributed by atoms with Gasteiger partial charge in [-0.25, -0.2) is 9.18 Å². The third-order valence-electron chi connectivity index (χ3n) is 3.41. The maximum Gasteiger partial charge on any atom is 0.336 e. The third kappa shape index (κ3) is 2.70. The Kier molecular flexibility index (Phi) is 4.46. The van der Waals surface area contributed by atoms with Gasteiger partial charge in [-0.1, -0.05) is 32.4 Å². The van der Waals surface area contributed by atoms with E-state index >= 15 is 0 Å². The molecule has 3 nitrogen and oxygen atoms in total. The summed E-state index contributed by atoms with van der Waals surface area (Å²) >= 11 is 0. The molecule has 0 aliphatic heterocycles. The highest BCUT2D eigenvalue weighted by Crippen LogP contribution is 2.33. The van der Waals surface area contributed by atoms with E-state index in [1.165, 1.54) is 6.07 Å². The molecule has 18 heavy (non-hydrogen) atoms. The van der Waals surface area contributed by atoms with Crippen LogP contribution in [0.1, 0.15) is 43.7 Å². The fourth-order valence-corrected chi connectivity index (χ4v) is 2.04. The lowest BCUT2D eigenvalue weighted by Crippen LogP contribution is -2.43. The van der Waals surface area contributed by atoms with Crippen LogP contribution in [0.3, 0.4) is 0 Å². The lowest BCUT2D eigenvalue weighted by molar-refractivity contribution is -0.161. The van der Waals surface area contributed by atoms with E-state index in [1.54, 1.807) is 32.9 Å². The number of carboxylic acid groups (broad SMARTS) is 1. The minimum atomic E-state index is -1.85. The molecule has 0 spiro atoms. The molecule has 1 rings (SSSR count). The second-order valence-corrected chi connectivity index (χ2v) is 4.71. The number of carbonyl (C=O) groups is 1. The molecule has 0 aliphatic rings. The molecule has 0 aromatic heterocycles. The van der Waals surface area contributed by atoms with Crippen LogP contribution >= 0.6 is 0 Å². The van der Waals surface area contributed by atoms with Gasteiger partial charge in [-0.15, -0.1) is 0 Å². The second kappa shape index (κ2) is 5.48. The number of benzene rings is 1. The van der Waals surface area contributed by atoms with Gasteiger partial charge in [0.05, 0.1) is 0 Å². The largest absolute Gasteiger partial charge is 0.479 e. The summed E-state index contributed by atoms with van der Waals surface area (Å²) in [6.07, 6.45) is 0.681. The Morgan fingerprint density at radius 3 is 2.56 bits per heavy atom. The lowest BCUT2D eigenvalue weighted by Gasteiger charge is -2.30. The smallest absolute Gasteiger partial charge is 0.336 e. The minimum Gasteiger partial charge on any atom is -0.479 e. The van der Waals surface area contributed by atoms with Crippen molar-refractivity contribution in [1.82, 2.24) is 0 Å². The van der Waals surface area contributed by atoms with E-state index in [0.717, 1.165) is 0 Å². The van der Waals surface area contributed by atoms with Crippen LogP contribution < -0.4 is 0 Å². The Hall–Kier alpha value is -1.42. The van der Waals surface area contributed by atoms with Crippen molar-refractivity contribution in [2.75, 3.05) is 0 Å². The fraction of sp³-hybridized carbons (Fsp3) is 0.500. The average Bonchev–Trinajstić information content (AvgIpc) is 2.31. The molecule has 0 amide bonds. The monoisotopic (exact) mass is 254 g/mol. The topological polar surface area (TPSA) is 57.5 Å². The second-order valence-electron chi connectivity index (χ2n) is 4.71. The molecule has 100 valence electrons. The first-order chi connectivity index (χ1) is 8.32. The van der Waals surface area contributed by atoms with Gasteiger partial charge >= 0.3 is 5.97 Å². The van der Waals surface area contributed by atoms with Gasteiger partial charge in [-0.05, 0) is 30.5 Å². The van der Waals surface area contributed by atoms with Crippen LogP contribution in [-0.4, -0.2) is 21.8 Å². The molecule has 0 heterocycles. The van der Waals surface area contributed by atoms with Crippen molar-refractivity contribution in [2.24, 2.45) is 0 Å². The number of carboxylic acids is 1. The highest BCUT2D eigenvalue weighted by atomic mass is 19.1. The number of aryl methyl sites for hydroxylation is 1. The van der Waals surface area contributed by atoms with Gasteiger partial charge in [-0.3, -0.25) is 0 Å². The Labute approximate surface area is 106 Å². The normalized spacial score (nSPS) is 16.1. The first-order valence-corrected chi connectivity index (χ1v) is 6.04. The van der Waals surface area contributed by atoms with Gasteiger partial charge in [0.2, 0.25) is 0 Å². The molecule has 2 unspecified atom stereocenters. The van der Waals surface area contributed by atoms with Crippen LogP contribution in [0, 0.1) is 12.7 Å². The molecule has 0 saturated carbocycles. The highest BCUT2D eigenvalue weighted by molar-refractivity contribution is 5.78. The maximum absolute atomic E-state index is 13.5. The minimum absolute atomic E-state index is 0.138. The Bertz CT molecular complexity index is 445. The molecule has 0 saturated heterocycles. The molecular weight excluding hydrogens is 235 g/mol. The van der Waals surface area contributed by atoms with Crippen LogP contribution in [0.4, 0.5) is 4.39 Å². The van der Waals surface area contributed by atoms with Crippen LogP contribution in [0.15, 0.2) is 18.2 Å². The summed E-state index contributed by atoms with van der Waals surface area (Å²) in [6.45, 7) is 5.05. The number of hydrogen-bond donors (Lipinski definition) is 2. The van der Waals surface area contributed by atoms with Gasteiger partial charge in [0.25, 0.3) is 0 Å². The zero-order valence-electron chi connectivity index (χ0n) is 10.9. The predicted octanol–water partition coefficient (Wildman–Crippen LogP) is 2.85. The van der Waals surface area contributed by atoms with Gasteiger partial charge in [0.1, 0.15) is 5.82 Å². The molecule has 0 bridgehead atoms. The molecule has 1 aromatic carbocycles. The fourth-order valence-electron chi connectivity index (χ4n) is 2.04. The van der Waals surface area contributed by atoms with Crippen molar-refractivity contribution in [2.45, 2.75) is 45.1 Å². The first kappa shape index (κ1) is 14.6. The van der Waals surface area contributed by atoms with Crippen LogP contribution in [0.2, 0.25) is 0 Å². The maximum atomic E-state index is 13.5. The van der Waals surface area contributed by atoms with E-state index in [9.17, 15) is 19.4 Å². The molecule has 1 aromatic rings. The number of aliphatic carboxylic acids is 1. The van der Waals surface area contributed by atoms with E-state index in [4.69, 9.17) is 0 Å². The van der Waals surface area contributed by atoms with Gasteiger partial charge in [-0.2, -0.15) is 0 Å². The zero-order chi connectivity index (χ0) is 13.9. The summed E-state index contributed by atoms with van der Waals surface area (Å²) in [5.74, 6) is -2.31. The third-order valence-corrected chi connectivity index (χ3v) is 3.41. The van der Waals surface area contributed by atoms with E-state index in [-0.39, 0.29) is 12.2 Å². The Morgan fingerprint density at radius 1 is 1.50 bits per heavy atom. The molecule has 0 fully saturated rings. The standard InChI is InChI=1S/C14H19FO3/c1-4-7-14(18,13(16)17)10(3)11-6-5-9(2)12(15)8-11/h5-6,8,10,18H,4,7H2,1-3H3,(H,16,17). The van der Waals surface area contributed by atoms with Gasteiger partial charge in [0.15, 0.2) is 5.60 Å². The SMILES string of the molecule is CCCC(O)(C(=O)O)C(C)c1ccc(C)c(F)c1. The number of rotatable bonds is 5. The molecular formula is C14H19FO3. The van der Waals surface area contributed by atoms with Crippen LogP contribution in [0.25, 0.3) is 0 Å². The highest BCUT2D eigenvalue weighted by Gasteiger charge is 2.41. The van der Waals surface area contributed by atoms with E-state index in [1.807, 2.05) is 0 Å². The zero-order valence-corrected chi connectivity index (χ0v) is 10.9. The molecule has 2 N–H and O–H groups in total. The average molecular weight is 254 g/mol. The Balaban J connectivity index is 3.13. The quantitative estimate of drug-likeness (QED) is 0.849. The van der Waals surface area contributed by atoms with Crippen LogP contribution in [0.5, 0.6) is 0 Å². The summed E-state index contributed by atoms with van der Waals surface area (Å²) in [6, 6.07) is 4.55. The van der Waals surface area contributed by atoms with Crippen molar-refractivity contribution in [3.63, 3.8) is 0 Å². The number of aliphatic hydroxyl groups is 1. The van der Waals surface area contributed by atoms with Crippen molar-refractivity contribution in [1.29, 1.82) is 0 Å². The summed E-state index contributed by atoms with van der Waals surface area (Å²) in [7, 11) is 0. The molecule has 0 radical (unpaired) electrons. The molecule has 2 atom stereocenters. The lowest BCUT2D eigenvalue weighted by atomic mass is 9.80. The summed E-state index contributed by atoms with van der Waals surface area (Å²) in [5.41, 5.74) is -0.854. The van der Waals surface area contributed by atoms with E-state index in [2.05, 4.69) is 0 Å². The number of hydrogen-bond acceptors (Lipinski definition) is 2. The Morgan fingerprint density at radius 2 is 2.11 bits per heavy atom. The molecule has 4 heteroatoms. The molecule has 0 aliphatic carbocycles. The van der Waals surface area contributed by atoms with Crippen LogP contribution in [-0.2, 0) is 4.79 Å². The van der Waals surface area contributed by atoms with Crippen molar-refractivity contribution < 1.29 is 19.4 Å². The van der Waals surface area contributed by atoms with Gasteiger partial charge in [0, 0.05) is 5.92 Å². The van der Waals surface area contributed by atoms with Crippen molar-refractivity contribution in [3.05, 3.63) is 35.1 Å².